The van der Waals surface area contributed by atoms with Crippen molar-refractivity contribution < 1.29 is 13.2 Å². The quantitative estimate of drug-likeness (QED) is 0.480. The van der Waals surface area contributed by atoms with Crippen LogP contribution in [0.1, 0.15) is 11.6 Å². The van der Waals surface area contributed by atoms with E-state index in [0.717, 1.165) is 5.56 Å². The third-order valence-electron chi connectivity index (χ3n) is 5.59. The second-order valence-electron chi connectivity index (χ2n) is 7.49. The second-order valence-corrected chi connectivity index (χ2v) is 9.35. The minimum absolute atomic E-state index is 0.0377. The van der Waals surface area contributed by atoms with Crippen LogP contribution >= 0.6 is 0 Å². The summed E-state index contributed by atoms with van der Waals surface area (Å²) in [5.74, 6) is 0.854. The molecule has 1 unspecified atom stereocenters. The average molecular weight is 452 g/mol. The molecule has 1 atom stereocenters. The molecule has 0 aliphatic carbocycles. The molecule has 5 rings (SSSR count). The van der Waals surface area contributed by atoms with E-state index >= 15 is 0 Å². The number of rotatable bonds is 4. The number of para-hydroxylation sites is 1. The van der Waals surface area contributed by atoms with Gasteiger partial charge in [-0.15, -0.1) is 0 Å². The van der Waals surface area contributed by atoms with Gasteiger partial charge in [0, 0.05) is 0 Å². The molecule has 0 radical (unpaired) electrons. The Kier molecular flexibility index (Phi) is 4.63. The van der Waals surface area contributed by atoms with E-state index in [-0.39, 0.29) is 29.2 Å². The smallest absolute Gasteiger partial charge is 0.264 e. The van der Waals surface area contributed by atoms with Crippen molar-refractivity contribution in [1.82, 2.24) is 19.7 Å². The highest BCUT2D eigenvalue weighted by Crippen LogP contribution is 2.37. The highest BCUT2D eigenvalue weighted by molar-refractivity contribution is 7.92. The zero-order chi connectivity index (χ0) is 22.5. The maximum Gasteiger partial charge on any atom is 0.264 e. The minimum Gasteiger partial charge on any atom is -0.497 e. The van der Waals surface area contributed by atoms with E-state index in [1.807, 2.05) is 24.3 Å². The number of nitrogens with two attached hydrogens (primary N) is 2. The molecule has 2 aromatic heterocycles. The van der Waals surface area contributed by atoms with E-state index in [0.29, 0.717) is 28.9 Å². The van der Waals surface area contributed by atoms with Crippen molar-refractivity contribution in [2.24, 2.45) is 0 Å². The van der Waals surface area contributed by atoms with E-state index in [9.17, 15) is 8.42 Å². The molecule has 4 aromatic rings. The van der Waals surface area contributed by atoms with Gasteiger partial charge in [-0.1, -0.05) is 18.2 Å². The maximum absolute atomic E-state index is 13.6. The molecule has 11 heteroatoms. The van der Waals surface area contributed by atoms with Gasteiger partial charge in [-0.25, -0.2) is 13.1 Å². The van der Waals surface area contributed by atoms with E-state index in [1.165, 1.54) is 11.4 Å². The molecule has 3 heterocycles. The lowest BCUT2D eigenvalue weighted by atomic mass is 10.00. The number of nitrogens with zero attached hydrogens (tertiary/aromatic N) is 5. The number of anilines is 3. The summed E-state index contributed by atoms with van der Waals surface area (Å²) in [4.78, 5) is 8.45. The summed E-state index contributed by atoms with van der Waals surface area (Å²) in [5.41, 5.74) is 13.8. The summed E-state index contributed by atoms with van der Waals surface area (Å²) >= 11 is 0. The Labute approximate surface area is 184 Å². The largest absolute Gasteiger partial charge is 0.497 e. The number of aromatic nitrogens is 4. The number of ether oxygens (including phenoxy) is 1. The molecular formula is C21H21N7O3S. The third kappa shape index (κ3) is 3.17. The molecular weight excluding hydrogens is 430 g/mol. The molecule has 4 N–H and O–H groups in total. The molecule has 0 bridgehead atoms. The number of methoxy groups -OCH3 is 1. The molecule has 1 aliphatic rings. The van der Waals surface area contributed by atoms with E-state index in [2.05, 4.69) is 15.1 Å². The van der Waals surface area contributed by atoms with Gasteiger partial charge in [0.05, 0.1) is 41.9 Å². The summed E-state index contributed by atoms with van der Waals surface area (Å²) in [6, 6.07) is 13.5. The molecule has 0 saturated carbocycles. The molecule has 164 valence electrons. The van der Waals surface area contributed by atoms with E-state index in [4.69, 9.17) is 16.2 Å². The predicted octanol–water partition coefficient (Wildman–Crippen LogP) is 1.99. The molecule has 0 saturated heterocycles. The molecule has 2 aromatic carbocycles. The van der Waals surface area contributed by atoms with Gasteiger partial charge < -0.3 is 16.2 Å². The van der Waals surface area contributed by atoms with Crippen LogP contribution in [0.5, 0.6) is 5.75 Å². The van der Waals surface area contributed by atoms with Crippen molar-refractivity contribution in [2.75, 3.05) is 29.4 Å². The van der Waals surface area contributed by atoms with Crippen molar-refractivity contribution >= 4 is 38.5 Å². The number of nitrogen functional groups attached to an aromatic ring is 2. The lowest BCUT2D eigenvalue weighted by molar-refractivity contribution is 0.414. The first-order chi connectivity index (χ1) is 15.4. The Hall–Kier alpha value is -3.86. The van der Waals surface area contributed by atoms with Crippen LogP contribution in [0.25, 0.3) is 11.0 Å². The zero-order valence-electron chi connectivity index (χ0n) is 17.2. The Bertz CT molecular complexity index is 1420. The summed E-state index contributed by atoms with van der Waals surface area (Å²) in [6.07, 6.45) is 2.15. The average Bonchev–Trinajstić information content (AvgIpc) is 3.22. The van der Waals surface area contributed by atoms with Crippen molar-refractivity contribution in [1.29, 1.82) is 0 Å². The molecule has 32 heavy (non-hydrogen) atoms. The molecule has 0 fully saturated rings. The van der Waals surface area contributed by atoms with E-state index < -0.39 is 10.0 Å². The van der Waals surface area contributed by atoms with Gasteiger partial charge in [0.2, 0.25) is 5.95 Å². The van der Waals surface area contributed by atoms with Gasteiger partial charge in [0.1, 0.15) is 11.6 Å². The highest BCUT2D eigenvalue weighted by Gasteiger charge is 2.35. The van der Waals surface area contributed by atoms with Crippen LogP contribution in [0.3, 0.4) is 0 Å². The fourth-order valence-corrected chi connectivity index (χ4v) is 5.57. The van der Waals surface area contributed by atoms with Gasteiger partial charge in [-0.3, -0.25) is 4.31 Å². The normalized spacial score (nSPS) is 16.2. The fourth-order valence-electron chi connectivity index (χ4n) is 4.03. The third-order valence-corrected chi connectivity index (χ3v) is 7.38. The van der Waals surface area contributed by atoms with Gasteiger partial charge in [0.25, 0.3) is 10.0 Å². The maximum atomic E-state index is 13.6. The van der Waals surface area contributed by atoms with Crippen LogP contribution in [0.2, 0.25) is 0 Å². The first kappa shape index (κ1) is 20.1. The summed E-state index contributed by atoms with van der Waals surface area (Å²) in [6.45, 7) is 0.173. The van der Waals surface area contributed by atoms with Crippen LogP contribution < -0.4 is 20.5 Å². The molecule has 1 aliphatic heterocycles. The van der Waals surface area contributed by atoms with Gasteiger partial charge in [-0.05, 0) is 42.3 Å². The van der Waals surface area contributed by atoms with Gasteiger partial charge >= 0.3 is 0 Å². The predicted molar refractivity (Wildman–Crippen MR) is 121 cm³/mol. The molecule has 0 spiro atoms. The SMILES string of the molecule is COc1ccc(S(=O)(=O)N2CC(n3ncc4c(N)nc(N)nc43)Cc3ccccc32)cc1. The number of benzene rings is 2. The number of fused-ring (bicyclic) bond motifs is 2. The lowest BCUT2D eigenvalue weighted by Gasteiger charge is -2.35. The van der Waals surface area contributed by atoms with Crippen LogP contribution in [-0.4, -0.2) is 41.8 Å². The van der Waals surface area contributed by atoms with E-state index in [1.54, 1.807) is 35.1 Å². The van der Waals surface area contributed by atoms with Crippen LogP contribution in [-0.2, 0) is 16.4 Å². The summed E-state index contributed by atoms with van der Waals surface area (Å²) in [7, 11) is -2.31. The minimum atomic E-state index is -3.84. The number of hydrogen-bond donors (Lipinski definition) is 2. The lowest BCUT2D eigenvalue weighted by Crippen LogP contribution is -2.41. The molecule has 10 nitrogen and oxygen atoms in total. The Morgan fingerprint density at radius 2 is 1.81 bits per heavy atom. The zero-order valence-corrected chi connectivity index (χ0v) is 18.0. The topological polar surface area (TPSA) is 142 Å². The molecule has 0 amide bonds. The number of hydrogen-bond acceptors (Lipinski definition) is 8. The Morgan fingerprint density at radius 3 is 2.56 bits per heavy atom. The second kappa shape index (κ2) is 7.38. The van der Waals surface area contributed by atoms with Crippen molar-refractivity contribution in [3.63, 3.8) is 0 Å². The van der Waals surface area contributed by atoms with Crippen molar-refractivity contribution in [3.8, 4) is 5.75 Å². The monoisotopic (exact) mass is 451 g/mol. The standard InChI is InChI=1S/C21H21N7O3S/c1-31-15-6-8-16(9-7-15)32(29,30)27-12-14(10-13-4-2-3-5-18(13)27)28-20-17(11-24-28)19(22)25-21(23)26-20/h2-9,11,14H,10,12H2,1H3,(H4,22,23,25,26). The Balaban J connectivity index is 1.61. The fraction of sp³-hybridized carbons (Fsp3) is 0.190. The summed E-state index contributed by atoms with van der Waals surface area (Å²) in [5, 5.41) is 5.02. The van der Waals surface area contributed by atoms with Crippen LogP contribution in [0.4, 0.5) is 17.5 Å². The number of sulfonamides is 1. The first-order valence-corrected chi connectivity index (χ1v) is 11.3. The first-order valence-electron chi connectivity index (χ1n) is 9.89. The van der Waals surface area contributed by atoms with Gasteiger partial charge in [-0.2, -0.15) is 15.1 Å². The Morgan fingerprint density at radius 1 is 1.06 bits per heavy atom. The summed E-state index contributed by atoms with van der Waals surface area (Å²) < 4.78 is 35.5. The van der Waals surface area contributed by atoms with Crippen molar-refractivity contribution in [2.45, 2.75) is 17.4 Å². The van der Waals surface area contributed by atoms with Crippen LogP contribution in [0, 0.1) is 0 Å². The highest BCUT2D eigenvalue weighted by atomic mass is 32.2. The van der Waals surface area contributed by atoms with Gasteiger partial charge in [0.15, 0.2) is 5.65 Å². The van der Waals surface area contributed by atoms with Crippen molar-refractivity contribution in [3.05, 3.63) is 60.3 Å². The van der Waals surface area contributed by atoms with Crippen LogP contribution in [0.15, 0.2) is 59.6 Å².